The zero-order chi connectivity index (χ0) is 15.9. The van der Waals surface area contributed by atoms with Gasteiger partial charge >= 0.3 is 0 Å². The molecule has 0 radical (unpaired) electrons. The lowest BCUT2D eigenvalue weighted by atomic mass is 9.96. The monoisotopic (exact) mass is 294 g/mol. The molecule has 0 aliphatic carbocycles. The van der Waals surface area contributed by atoms with Gasteiger partial charge in [-0.25, -0.2) is 9.97 Å². The molecule has 0 aromatic carbocycles. The predicted octanol–water partition coefficient (Wildman–Crippen LogP) is 3.03. The lowest BCUT2D eigenvalue weighted by Crippen LogP contribution is -2.19. The van der Waals surface area contributed by atoms with Gasteiger partial charge in [-0.2, -0.15) is 0 Å². The minimum Gasteiger partial charge on any atom is -0.396 e. The van der Waals surface area contributed by atoms with Crippen LogP contribution in [0.2, 0.25) is 0 Å². The van der Waals surface area contributed by atoms with Crippen LogP contribution in [-0.2, 0) is 5.41 Å². The van der Waals surface area contributed by atoms with E-state index in [-0.39, 0.29) is 12.0 Å². The van der Waals surface area contributed by atoms with E-state index in [2.05, 4.69) is 55.2 Å². The highest BCUT2D eigenvalue weighted by Crippen LogP contribution is 2.22. The van der Waals surface area contributed by atoms with E-state index in [9.17, 15) is 0 Å². The van der Waals surface area contributed by atoms with E-state index in [1.54, 1.807) is 0 Å². The van der Waals surface area contributed by atoms with Crippen molar-refractivity contribution in [2.75, 3.05) is 30.3 Å². The third-order valence-electron chi connectivity index (χ3n) is 3.25. The van der Waals surface area contributed by atoms with Crippen LogP contribution in [-0.4, -0.2) is 34.8 Å². The lowest BCUT2D eigenvalue weighted by molar-refractivity contribution is 0.229. The van der Waals surface area contributed by atoms with Gasteiger partial charge in [0.25, 0.3) is 0 Å². The first-order valence-electron chi connectivity index (χ1n) is 7.85. The van der Waals surface area contributed by atoms with Crippen LogP contribution in [0.3, 0.4) is 0 Å². The molecule has 120 valence electrons. The molecule has 1 unspecified atom stereocenters. The second-order valence-electron chi connectivity index (χ2n) is 6.60. The molecule has 0 spiro atoms. The first kappa shape index (κ1) is 17.7. The molecule has 0 aliphatic rings. The van der Waals surface area contributed by atoms with E-state index in [4.69, 9.17) is 5.11 Å². The van der Waals surface area contributed by atoms with Gasteiger partial charge in [0, 0.05) is 31.2 Å². The van der Waals surface area contributed by atoms with Gasteiger partial charge in [0.2, 0.25) is 0 Å². The molecule has 1 heterocycles. The van der Waals surface area contributed by atoms with Gasteiger partial charge in [0.05, 0.1) is 0 Å². The van der Waals surface area contributed by atoms with E-state index in [1.165, 1.54) is 0 Å². The van der Waals surface area contributed by atoms with Crippen LogP contribution in [0.4, 0.5) is 11.6 Å². The summed E-state index contributed by atoms with van der Waals surface area (Å²) >= 11 is 0. The Bertz CT molecular complexity index is 429. The fraction of sp³-hybridized carbons (Fsp3) is 0.750. The predicted molar refractivity (Wildman–Crippen MR) is 88.9 cm³/mol. The SMILES string of the molecule is CCNc1cc(NCCCC(C)CO)nc(C(C)(C)C)n1. The molecule has 1 atom stereocenters. The highest BCUT2D eigenvalue weighted by molar-refractivity contribution is 5.48. The molecule has 0 bridgehead atoms. The molecule has 1 aromatic rings. The molecule has 0 fully saturated rings. The molecular weight excluding hydrogens is 264 g/mol. The minimum atomic E-state index is -0.0761. The Morgan fingerprint density at radius 2 is 1.81 bits per heavy atom. The number of aliphatic hydroxyl groups excluding tert-OH is 1. The Hall–Kier alpha value is -1.36. The normalized spacial score (nSPS) is 13.0. The summed E-state index contributed by atoms with van der Waals surface area (Å²) in [5.74, 6) is 2.93. The third kappa shape index (κ3) is 6.29. The fourth-order valence-corrected chi connectivity index (χ4v) is 1.90. The van der Waals surface area contributed by atoms with E-state index >= 15 is 0 Å². The number of rotatable bonds is 8. The van der Waals surface area contributed by atoms with Crippen LogP contribution in [0.5, 0.6) is 0 Å². The molecule has 3 N–H and O–H groups in total. The van der Waals surface area contributed by atoms with E-state index in [1.807, 2.05) is 6.07 Å². The number of hydrogen-bond donors (Lipinski definition) is 3. The topological polar surface area (TPSA) is 70.1 Å². The third-order valence-corrected chi connectivity index (χ3v) is 3.25. The van der Waals surface area contributed by atoms with Gasteiger partial charge < -0.3 is 15.7 Å². The number of nitrogens with zero attached hydrogens (tertiary/aromatic N) is 2. The van der Waals surface area contributed by atoms with Crippen LogP contribution in [0.25, 0.3) is 0 Å². The molecule has 5 heteroatoms. The molecule has 1 rings (SSSR count). The summed E-state index contributed by atoms with van der Waals surface area (Å²) in [5.41, 5.74) is -0.0761. The van der Waals surface area contributed by atoms with Gasteiger partial charge in [-0.15, -0.1) is 0 Å². The van der Waals surface area contributed by atoms with Crippen molar-refractivity contribution in [1.29, 1.82) is 0 Å². The van der Waals surface area contributed by atoms with E-state index in [0.29, 0.717) is 5.92 Å². The zero-order valence-corrected chi connectivity index (χ0v) is 14.0. The van der Waals surface area contributed by atoms with Crippen LogP contribution in [0.15, 0.2) is 6.07 Å². The van der Waals surface area contributed by atoms with Gasteiger partial charge in [0.15, 0.2) is 0 Å². The minimum absolute atomic E-state index is 0.0761. The van der Waals surface area contributed by atoms with Gasteiger partial charge in [0.1, 0.15) is 17.5 Å². The summed E-state index contributed by atoms with van der Waals surface area (Å²) in [7, 11) is 0. The summed E-state index contributed by atoms with van der Waals surface area (Å²) in [5, 5.41) is 15.6. The maximum absolute atomic E-state index is 9.02. The Balaban J connectivity index is 2.70. The Morgan fingerprint density at radius 1 is 1.19 bits per heavy atom. The average molecular weight is 294 g/mol. The van der Waals surface area contributed by atoms with Gasteiger partial charge in [-0.05, 0) is 25.7 Å². The van der Waals surface area contributed by atoms with Gasteiger partial charge in [-0.1, -0.05) is 27.7 Å². The molecule has 1 aromatic heterocycles. The maximum Gasteiger partial charge on any atom is 0.138 e. The summed E-state index contributed by atoms with van der Waals surface area (Å²) in [4.78, 5) is 9.18. The van der Waals surface area contributed by atoms with E-state index in [0.717, 1.165) is 43.4 Å². The summed E-state index contributed by atoms with van der Waals surface area (Å²) in [6.07, 6.45) is 2.04. The van der Waals surface area contributed by atoms with E-state index < -0.39 is 0 Å². The quantitative estimate of drug-likeness (QED) is 0.643. The van der Waals surface area contributed by atoms with Crippen LogP contribution in [0, 0.1) is 5.92 Å². The highest BCUT2D eigenvalue weighted by Gasteiger charge is 2.19. The fourth-order valence-electron chi connectivity index (χ4n) is 1.90. The number of aliphatic hydroxyl groups is 1. The molecule has 21 heavy (non-hydrogen) atoms. The first-order chi connectivity index (χ1) is 9.86. The second-order valence-corrected chi connectivity index (χ2v) is 6.60. The Kier molecular flexibility index (Phi) is 6.89. The van der Waals surface area contributed by atoms with Crippen molar-refractivity contribution in [2.45, 2.75) is 52.9 Å². The highest BCUT2D eigenvalue weighted by atomic mass is 16.3. The standard InChI is InChI=1S/C16H30N4O/c1-6-17-13-10-14(18-9-7-8-12(2)11-21)20-15(19-13)16(3,4)5/h10,12,21H,6-9,11H2,1-5H3,(H2,17,18,19,20). The van der Waals surface area contributed by atoms with Crippen molar-refractivity contribution in [3.63, 3.8) is 0 Å². The van der Waals surface area contributed by atoms with Gasteiger partial charge in [-0.3, -0.25) is 0 Å². The maximum atomic E-state index is 9.02. The van der Waals surface area contributed by atoms with Crippen molar-refractivity contribution < 1.29 is 5.11 Å². The van der Waals surface area contributed by atoms with Crippen LogP contribution in [0.1, 0.15) is 53.3 Å². The zero-order valence-electron chi connectivity index (χ0n) is 14.0. The van der Waals surface area contributed by atoms with Crippen molar-refractivity contribution in [1.82, 2.24) is 9.97 Å². The molecular formula is C16H30N4O. The smallest absolute Gasteiger partial charge is 0.138 e. The largest absolute Gasteiger partial charge is 0.396 e. The number of nitrogens with one attached hydrogen (secondary N) is 2. The summed E-state index contributed by atoms with van der Waals surface area (Å²) < 4.78 is 0. The summed E-state index contributed by atoms with van der Waals surface area (Å²) in [6, 6.07) is 1.95. The molecule has 0 saturated carbocycles. The Morgan fingerprint density at radius 3 is 2.33 bits per heavy atom. The number of aromatic nitrogens is 2. The average Bonchev–Trinajstić information content (AvgIpc) is 2.42. The molecule has 5 nitrogen and oxygen atoms in total. The van der Waals surface area contributed by atoms with Crippen LogP contribution < -0.4 is 10.6 Å². The first-order valence-corrected chi connectivity index (χ1v) is 7.85. The molecule has 0 amide bonds. The van der Waals surface area contributed by atoms with Crippen molar-refractivity contribution in [3.05, 3.63) is 11.9 Å². The lowest BCUT2D eigenvalue weighted by Gasteiger charge is -2.19. The summed E-state index contributed by atoms with van der Waals surface area (Å²) in [6.45, 7) is 12.4. The number of anilines is 2. The molecule has 0 saturated heterocycles. The Labute approximate surface area is 128 Å². The number of hydrogen-bond acceptors (Lipinski definition) is 5. The van der Waals surface area contributed by atoms with Crippen molar-refractivity contribution >= 4 is 11.6 Å². The molecule has 0 aliphatic heterocycles. The van der Waals surface area contributed by atoms with Crippen molar-refractivity contribution in [3.8, 4) is 0 Å². The van der Waals surface area contributed by atoms with Crippen LogP contribution >= 0.6 is 0 Å². The second kappa shape index (κ2) is 8.17. The van der Waals surface area contributed by atoms with Crippen molar-refractivity contribution in [2.24, 2.45) is 5.92 Å².